The Hall–Kier alpha value is -0.980. The summed E-state index contributed by atoms with van der Waals surface area (Å²) < 4.78 is 5.73. The second-order valence-corrected chi connectivity index (χ2v) is 5.08. The maximum Gasteiger partial charge on any atom is 0.191 e. The maximum absolute atomic E-state index is 5.73. The van der Waals surface area contributed by atoms with Crippen LogP contribution in [0, 0.1) is 5.92 Å². The van der Waals surface area contributed by atoms with Crippen LogP contribution in [0.1, 0.15) is 33.3 Å². The summed E-state index contributed by atoms with van der Waals surface area (Å²) in [4.78, 5) is 4.55. The molecule has 0 saturated carbocycles. The van der Waals surface area contributed by atoms with Crippen molar-refractivity contribution in [2.24, 2.45) is 10.9 Å². The van der Waals surface area contributed by atoms with Gasteiger partial charge in [-0.1, -0.05) is 26.0 Å². The fraction of sp³-hybridized carbons (Fsp3) is 0.562. The zero-order valence-electron chi connectivity index (χ0n) is 13.5. The summed E-state index contributed by atoms with van der Waals surface area (Å²) in [5.74, 6) is 2.30. The summed E-state index contributed by atoms with van der Waals surface area (Å²) in [6.07, 6.45) is 0. The van der Waals surface area contributed by atoms with Gasteiger partial charge >= 0.3 is 0 Å². The van der Waals surface area contributed by atoms with Crippen molar-refractivity contribution in [3.8, 4) is 5.75 Å². The van der Waals surface area contributed by atoms with E-state index >= 15 is 0 Å². The molecule has 0 aromatic heterocycles. The van der Waals surface area contributed by atoms with E-state index in [0.29, 0.717) is 12.5 Å². The number of benzene rings is 1. The Morgan fingerprint density at radius 1 is 1.19 bits per heavy atom. The van der Waals surface area contributed by atoms with E-state index < -0.39 is 0 Å². The van der Waals surface area contributed by atoms with Crippen LogP contribution in [0.2, 0.25) is 0 Å². The lowest BCUT2D eigenvalue weighted by atomic mass is 10.2. The molecule has 0 bridgehead atoms. The number of rotatable bonds is 7. The highest BCUT2D eigenvalue weighted by Crippen LogP contribution is 2.15. The molecule has 0 radical (unpaired) electrons. The average molecular weight is 405 g/mol. The molecule has 120 valence electrons. The zero-order valence-corrected chi connectivity index (χ0v) is 15.8. The van der Waals surface area contributed by atoms with E-state index in [4.69, 9.17) is 4.74 Å². The first-order valence-electron chi connectivity index (χ1n) is 7.39. The molecule has 0 aliphatic heterocycles. The van der Waals surface area contributed by atoms with E-state index in [1.807, 2.05) is 12.1 Å². The summed E-state index contributed by atoms with van der Waals surface area (Å²) >= 11 is 0. The summed E-state index contributed by atoms with van der Waals surface area (Å²) in [7, 11) is 0. The standard InChI is InChI=1S/C16H27N3O.HI/c1-5-17-16(18-6-2)19-11-14-8-7-9-15(10-14)20-12-13(3)4;/h7-10,13H,5-6,11-12H2,1-4H3,(H2,17,18,19);1H. The van der Waals surface area contributed by atoms with Gasteiger partial charge in [-0.25, -0.2) is 4.99 Å². The van der Waals surface area contributed by atoms with Crippen molar-refractivity contribution in [2.45, 2.75) is 34.2 Å². The topological polar surface area (TPSA) is 45.7 Å². The van der Waals surface area contributed by atoms with Crippen LogP contribution in [0.4, 0.5) is 0 Å². The van der Waals surface area contributed by atoms with Crippen molar-refractivity contribution in [1.29, 1.82) is 0 Å². The van der Waals surface area contributed by atoms with E-state index in [-0.39, 0.29) is 24.0 Å². The maximum atomic E-state index is 5.73. The van der Waals surface area contributed by atoms with Crippen molar-refractivity contribution < 1.29 is 4.74 Å². The second-order valence-electron chi connectivity index (χ2n) is 5.08. The highest BCUT2D eigenvalue weighted by atomic mass is 127. The van der Waals surface area contributed by atoms with Crippen LogP contribution in [-0.4, -0.2) is 25.7 Å². The Labute approximate surface area is 145 Å². The summed E-state index contributed by atoms with van der Waals surface area (Å²) in [5.41, 5.74) is 1.15. The van der Waals surface area contributed by atoms with Gasteiger partial charge in [-0.05, 0) is 37.5 Å². The molecule has 0 saturated heterocycles. The lowest BCUT2D eigenvalue weighted by molar-refractivity contribution is 0.271. The number of aliphatic imine (C=N–C) groups is 1. The minimum absolute atomic E-state index is 0. The fourth-order valence-corrected chi connectivity index (χ4v) is 1.68. The number of guanidine groups is 1. The Morgan fingerprint density at radius 2 is 1.86 bits per heavy atom. The van der Waals surface area contributed by atoms with E-state index in [1.54, 1.807) is 0 Å². The molecular formula is C16H28IN3O. The average Bonchev–Trinajstić information content (AvgIpc) is 2.43. The quantitative estimate of drug-likeness (QED) is 0.415. The van der Waals surface area contributed by atoms with E-state index in [2.05, 4.69) is 55.5 Å². The Morgan fingerprint density at radius 3 is 2.43 bits per heavy atom. The Bertz CT molecular complexity index is 414. The Kier molecular flexibility index (Phi) is 11.1. The summed E-state index contributed by atoms with van der Waals surface area (Å²) in [6, 6.07) is 8.13. The molecule has 1 rings (SSSR count). The number of halogens is 1. The van der Waals surface area contributed by atoms with Gasteiger partial charge < -0.3 is 15.4 Å². The van der Waals surface area contributed by atoms with Gasteiger partial charge in [0.15, 0.2) is 5.96 Å². The first-order chi connectivity index (χ1) is 9.65. The lowest BCUT2D eigenvalue weighted by Gasteiger charge is -2.11. The van der Waals surface area contributed by atoms with Crippen molar-refractivity contribution in [2.75, 3.05) is 19.7 Å². The SMILES string of the molecule is CCNC(=NCc1cccc(OCC(C)C)c1)NCC.I. The molecular weight excluding hydrogens is 377 g/mol. The van der Waals surface area contributed by atoms with Crippen LogP contribution in [-0.2, 0) is 6.54 Å². The first-order valence-corrected chi connectivity index (χ1v) is 7.39. The second kappa shape index (κ2) is 11.7. The smallest absolute Gasteiger partial charge is 0.191 e. The molecule has 0 aliphatic carbocycles. The first kappa shape index (κ1) is 20.0. The van der Waals surface area contributed by atoms with Gasteiger partial charge in [-0.3, -0.25) is 0 Å². The normalized spacial score (nSPS) is 9.76. The molecule has 1 aromatic carbocycles. The molecule has 0 aliphatic rings. The van der Waals surface area contributed by atoms with Gasteiger partial charge in [0.1, 0.15) is 5.75 Å². The Balaban J connectivity index is 0.00000400. The van der Waals surface area contributed by atoms with Gasteiger partial charge in [0.2, 0.25) is 0 Å². The van der Waals surface area contributed by atoms with Gasteiger partial charge in [-0.15, -0.1) is 24.0 Å². The third-order valence-electron chi connectivity index (χ3n) is 2.59. The van der Waals surface area contributed by atoms with E-state index in [0.717, 1.165) is 37.0 Å². The molecule has 0 amide bonds. The van der Waals surface area contributed by atoms with Crippen molar-refractivity contribution in [3.63, 3.8) is 0 Å². The van der Waals surface area contributed by atoms with Gasteiger partial charge in [0.25, 0.3) is 0 Å². The molecule has 21 heavy (non-hydrogen) atoms. The predicted molar refractivity (Wildman–Crippen MR) is 101 cm³/mol. The molecule has 0 spiro atoms. The predicted octanol–water partition coefficient (Wildman–Crippen LogP) is 3.41. The van der Waals surface area contributed by atoms with Crippen molar-refractivity contribution >= 4 is 29.9 Å². The monoisotopic (exact) mass is 405 g/mol. The van der Waals surface area contributed by atoms with Crippen LogP contribution in [0.15, 0.2) is 29.3 Å². The number of hydrogen-bond acceptors (Lipinski definition) is 2. The lowest BCUT2D eigenvalue weighted by Crippen LogP contribution is -2.36. The third-order valence-corrected chi connectivity index (χ3v) is 2.59. The van der Waals surface area contributed by atoms with Crippen molar-refractivity contribution in [1.82, 2.24) is 10.6 Å². The zero-order chi connectivity index (χ0) is 14.8. The van der Waals surface area contributed by atoms with Crippen LogP contribution in [0.25, 0.3) is 0 Å². The van der Waals surface area contributed by atoms with Crippen LogP contribution >= 0.6 is 24.0 Å². The van der Waals surface area contributed by atoms with Crippen LogP contribution in [0.3, 0.4) is 0 Å². The highest BCUT2D eigenvalue weighted by molar-refractivity contribution is 14.0. The number of hydrogen-bond donors (Lipinski definition) is 2. The van der Waals surface area contributed by atoms with Crippen molar-refractivity contribution in [3.05, 3.63) is 29.8 Å². The number of ether oxygens (including phenoxy) is 1. The minimum Gasteiger partial charge on any atom is -0.493 e. The van der Waals surface area contributed by atoms with E-state index in [1.165, 1.54) is 0 Å². The largest absolute Gasteiger partial charge is 0.493 e. The summed E-state index contributed by atoms with van der Waals surface area (Å²) in [6.45, 7) is 11.5. The van der Waals surface area contributed by atoms with E-state index in [9.17, 15) is 0 Å². The molecule has 2 N–H and O–H groups in total. The number of nitrogens with zero attached hydrogens (tertiary/aromatic N) is 1. The highest BCUT2D eigenvalue weighted by Gasteiger charge is 2.00. The molecule has 0 heterocycles. The minimum atomic E-state index is 0. The molecule has 1 aromatic rings. The number of nitrogens with one attached hydrogen (secondary N) is 2. The molecule has 0 atom stereocenters. The molecule has 0 fully saturated rings. The molecule has 4 nitrogen and oxygen atoms in total. The van der Waals surface area contributed by atoms with Gasteiger partial charge in [-0.2, -0.15) is 0 Å². The molecule has 5 heteroatoms. The molecule has 0 unspecified atom stereocenters. The fourth-order valence-electron chi connectivity index (χ4n) is 1.68. The van der Waals surface area contributed by atoms with Crippen LogP contribution in [0.5, 0.6) is 5.75 Å². The third kappa shape index (κ3) is 8.80. The van der Waals surface area contributed by atoms with Gasteiger partial charge in [0, 0.05) is 13.1 Å². The van der Waals surface area contributed by atoms with Gasteiger partial charge in [0.05, 0.1) is 13.2 Å². The van der Waals surface area contributed by atoms with Crippen LogP contribution < -0.4 is 15.4 Å². The summed E-state index contributed by atoms with van der Waals surface area (Å²) in [5, 5.41) is 6.43.